The predicted octanol–water partition coefficient (Wildman–Crippen LogP) is 2.73. The number of rotatable bonds is 3. The van der Waals surface area contributed by atoms with Crippen molar-refractivity contribution in [2.24, 2.45) is 5.73 Å². The lowest BCUT2D eigenvalue weighted by Crippen LogP contribution is -2.10. The fraction of sp³-hybridized carbons (Fsp3) is 0.167. The van der Waals surface area contributed by atoms with E-state index in [1.165, 1.54) is 11.8 Å². The number of aryl methyl sites for hydroxylation is 2. The molecule has 0 amide bonds. The summed E-state index contributed by atoms with van der Waals surface area (Å²) in [5.74, 6) is 0.914. The van der Waals surface area contributed by atoms with Gasteiger partial charge >= 0.3 is 0 Å². The van der Waals surface area contributed by atoms with Gasteiger partial charge in [0.05, 0.1) is 5.69 Å². The van der Waals surface area contributed by atoms with Crippen LogP contribution in [0.3, 0.4) is 0 Å². The van der Waals surface area contributed by atoms with Crippen molar-refractivity contribution in [3.8, 4) is 0 Å². The number of nitrogens with two attached hydrogens (primary N) is 1. The number of aromatic nitrogens is 1. The number of nitrogens with one attached hydrogen (secondary N) is 1. The Morgan fingerprint density at radius 1 is 1.29 bits per heavy atom. The summed E-state index contributed by atoms with van der Waals surface area (Å²) < 4.78 is 5.48. The lowest BCUT2D eigenvalue weighted by molar-refractivity contribution is 0.431. The van der Waals surface area contributed by atoms with Crippen LogP contribution in [0.2, 0.25) is 0 Å². The summed E-state index contributed by atoms with van der Waals surface area (Å²) in [5, 5.41) is 7.93. The molecule has 17 heavy (non-hydrogen) atoms. The first-order valence-electron chi connectivity index (χ1n) is 5.12. The molecule has 0 aliphatic rings. The van der Waals surface area contributed by atoms with Gasteiger partial charge in [-0.1, -0.05) is 12.1 Å². The molecule has 3 N–H and O–H groups in total. The van der Waals surface area contributed by atoms with E-state index in [9.17, 15) is 0 Å². The highest BCUT2D eigenvalue weighted by molar-refractivity contribution is 7.99. The van der Waals surface area contributed by atoms with Crippen molar-refractivity contribution in [3.05, 3.63) is 41.3 Å². The Kier molecular flexibility index (Phi) is 3.19. The molecule has 0 aliphatic heterocycles. The van der Waals surface area contributed by atoms with Gasteiger partial charge in [0.1, 0.15) is 11.6 Å². The normalized spacial score (nSPS) is 10.5. The molecule has 0 atom stereocenters. The summed E-state index contributed by atoms with van der Waals surface area (Å²) in [5.41, 5.74) is 7.01. The first-order chi connectivity index (χ1) is 8.06. The molecule has 0 aliphatic carbocycles. The minimum absolute atomic E-state index is 0.0735. The van der Waals surface area contributed by atoms with Gasteiger partial charge in [-0.25, -0.2) is 4.98 Å². The van der Waals surface area contributed by atoms with Crippen LogP contribution in [-0.4, -0.2) is 10.8 Å². The molecule has 0 unspecified atom stereocenters. The molecule has 0 radical (unpaired) electrons. The molecule has 2 aromatic rings. The van der Waals surface area contributed by atoms with Crippen LogP contribution in [0, 0.1) is 19.3 Å². The van der Waals surface area contributed by atoms with Crippen molar-refractivity contribution in [1.29, 1.82) is 5.41 Å². The van der Waals surface area contributed by atoms with Gasteiger partial charge < -0.3 is 10.2 Å². The van der Waals surface area contributed by atoms with Crippen molar-refractivity contribution in [3.63, 3.8) is 0 Å². The van der Waals surface area contributed by atoms with Crippen molar-refractivity contribution in [2.45, 2.75) is 24.0 Å². The van der Waals surface area contributed by atoms with Crippen molar-refractivity contribution < 1.29 is 4.42 Å². The van der Waals surface area contributed by atoms with Gasteiger partial charge in [-0.05, 0) is 37.7 Å². The molecule has 1 aromatic heterocycles. The summed E-state index contributed by atoms with van der Waals surface area (Å²) in [6, 6.07) is 7.42. The van der Waals surface area contributed by atoms with E-state index in [4.69, 9.17) is 15.6 Å². The summed E-state index contributed by atoms with van der Waals surface area (Å²) in [7, 11) is 0. The second kappa shape index (κ2) is 4.63. The largest absolute Gasteiger partial charge is 0.436 e. The van der Waals surface area contributed by atoms with Crippen LogP contribution in [0.5, 0.6) is 0 Å². The van der Waals surface area contributed by atoms with Gasteiger partial charge in [0.15, 0.2) is 0 Å². The van der Waals surface area contributed by atoms with Crippen LogP contribution in [0.4, 0.5) is 0 Å². The van der Waals surface area contributed by atoms with Crippen LogP contribution >= 0.6 is 11.8 Å². The van der Waals surface area contributed by atoms with Gasteiger partial charge in [0.25, 0.3) is 5.22 Å². The summed E-state index contributed by atoms with van der Waals surface area (Å²) in [4.78, 5) is 5.30. The average molecular weight is 247 g/mol. The van der Waals surface area contributed by atoms with Crippen molar-refractivity contribution >= 4 is 17.6 Å². The molecule has 88 valence electrons. The van der Waals surface area contributed by atoms with Crippen molar-refractivity contribution in [1.82, 2.24) is 4.98 Å². The van der Waals surface area contributed by atoms with Crippen LogP contribution in [0.1, 0.15) is 17.0 Å². The highest BCUT2D eigenvalue weighted by Crippen LogP contribution is 2.28. The Labute approximate surface area is 104 Å². The topological polar surface area (TPSA) is 75.9 Å². The minimum Gasteiger partial charge on any atom is -0.436 e. The van der Waals surface area contributed by atoms with E-state index in [2.05, 4.69) is 4.98 Å². The maximum Gasteiger partial charge on any atom is 0.260 e. The Morgan fingerprint density at radius 3 is 2.41 bits per heavy atom. The first kappa shape index (κ1) is 11.7. The zero-order valence-electron chi connectivity index (χ0n) is 9.65. The summed E-state index contributed by atoms with van der Waals surface area (Å²) in [6.45, 7) is 3.81. The van der Waals surface area contributed by atoms with Crippen LogP contribution in [0.25, 0.3) is 0 Å². The van der Waals surface area contributed by atoms with Gasteiger partial charge in [-0.15, -0.1) is 0 Å². The number of nitrogens with zero attached hydrogens (tertiary/aromatic N) is 1. The Hall–Kier alpha value is -1.75. The summed E-state index contributed by atoms with van der Waals surface area (Å²) in [6.07, 6.45) is 0. The third-order valence-corrected chi connectivity index (χ3v) is 3.24. The molecule has 1 heterocycles. The minimum atomic E-state index is 0.0735. The molecule has 0 saturated carbocycles. The van der Waals surface area contributed by atoms with E-state index >= 15 is 0 Å². The Morgan fingerprint density at radius 2 is 1.94 bits per heavy atom. The first-order valence-corrected chi connectivity index (χ1v) is 5.94. The van der Waals surface area contributed by atoms with E-state index in [0.29, 0.717) is 10.8 Å². The van der Waals surface area contributed by atoms with E-state index in [1.54, 1.807) is 0 Å². The second-order valence-electron chi connectivity index (χ2n) is 3.66. The molecule has 0 saturated heterocycles. The summed E-state index contributed by atoms with van der Waals surface area (Å²) >= 11 is 1.45. The predicted molar refractivity (Wildman–Crippen MR) is 67.6 cm³/mol. The number of oxazole rings is 1. The molecule has 1 aromatic carbocycles. The number of hydrogen-bond acceptors (Lipinski definition) is 4. The van der Waals surface area contributed by atoms with Crippen molar-refractivity contribution in [2.75, 3.05) is 0 Å². The molecule has 5 heteroatoms. The number of nitrogen functional groups attached to an aromatic ring is 1. The molecule has 0 spiro atoms. The lowest BCUT2D eigenvalue weighted by Gasteiger charge is -1.99. The quantitative estimate of drug-likeness (QED) is 0.646. The maximum atomic E-state index is 7.30. The SMILES string of the molecule is Cc1nc(Sc2ccc(C(=N)N)cc2)oc1C. The standard InChI is InChI=1S/C12H13N3OS/c1-7-8(2)16-12(15-7)17-10-5-3-9(4-6-10)11(13)14/h3-6H,1-2H3,(H3,13,14). The number of amidine groups is 1. The highest BCUT2D eigenvalue weighted by Gasteiger charge is 2.07. The van der Waals surface area contributed by atoms with Crippen LogP contribution in [-0.2, 0) is 0 Å². The number of benzene rings is 1. The van der Waals surface area contributed by atoms with E-state index in [0.717, 1.165) is 16.3 Å². The second-order valence-corrected chi connectivity index (χ2v) is 4.69. The zero-order valence-corrected chi connectivity index (χ0v) is 10.5. The Balaban J connectivity index is 2.16. The monoisotopic (exact) mass is 247 g/mol. The van der Waals surface area contributed by atoms with Gasteiger partial charge in [0, 0.05) is 10.5 Å². The van der Waals surface area contributed by atoms with E-state index < -0.39 is 0 Å². The maximum absolute atomic E-state index is 7.30. The zero-order chi connectivity index (χ0) is 12.4. The van der Waals surface area contributed by atoms with Crippen LogP contribution in [0.15, 0.2) is 38.8 Å². The number of hydrogen-bond donors (Lipinski definition) is 2. The highest BCUT2D eigenvalue weighted by atomic mass is 32.2. The third kappa shape index (κ3) is 2.68. The van der Waals surface area contributed by atoms with Crippen LogP contribution < -0.4 is 5.73 Å². The Bertz CT molecular complexity index is 526. The average Bonchev–Trinajstić information content (AvgIpc) is 2.58. The lowest BCUT2D eigenvalue weighted by atomic mass is 10.2. The smallest absolute Gasteiger partial charge is 0.260 e. The fourth-order valence-corrected chi connectivity index (χ4v) is 2.11. The molecule has 4 nitrogen and oxygen atoms in total. The van der Waals surface area contributed by atoms with Gasteiger partial charge in [-0.3, -0.25) is 5.41 Å². The van der Waals surface area contributed by atoms with E-state index in [1.807, 2.05) is 38.1 Å². The van der Waals surface area contributed by atoms with Gasteiger partial charge in [0.2, 0.25) is 0 Å². The molecule has 0 bridgehead atoms. The molecule has 0 fully saturated rings. The van der Waals surface area contributed by atoms with E-state index in [-0.39, 0.29) is 5.84 Å². The molecular weight excluding hydrogens is 234 g/mol. The molecule has 2 rings (SSSR count). The van der Waals surface area contributed by atoms with Gasteiger partial charge in [-0.2, -0.15) is 0 Å². The molecular formula is C12H13N3OS. The fourth-order valence-electron chi connectivity index (χ4n) is 1.29. The third-order valence-electron chi connectivity index (χ3n) is 2.38.